The fourth-order valence-corrected chi connectivity index (χ4v) is 3.57. The number of piperazine rings is 1. The summed E-state index contributed by atoms with van der Waals surface area (Å²) in [6, 6.07) is 3.92. The van der Waals surface area contributed by atoms with Crippen LogP contribution in [0.4, 0.5) is 5.82 Å². The van der Waals surface area contributed by atoms with Crippen molar-refractivity contribution in [3.8, 4) is 0 Å². The van der Waals surface area contributed by atoms with Crippen LogP contribution in [-0.4, -0.2) is 73.0 Å². The number of carbonyl (C=O) groups excluding carboxylic acids is 1. The van der Waals surface area contributed by atoms with Gasteiger partial charge in [-0.1, -0.05) is 0 Å². The van der Waals surface area contributed by atoms with Crippen molar-refractivity contribution in [1.82, 2.24) is 14.8 Å². The molecule has 2 unspecified atom stereocenters. The van der Waals surface area contributed by atoms with Crippen LogP contribution in [0.3, 0.4) is 0 Å². The number of amides is 1. The van der Waals surface area contributed by atoms with Crippen molar-refractivity contribution in [3.63, 3.8) is 0 Å². The van der Waals surface area contributed by atoms with Gasteiger partial charge in [0, 0.05) is 57.1 Å². The fourth-order valence-electron chi connectivity index (χ4n) is 3.57. The van der Waals surface area contributed by atoms with E-state index >= 15 is 0 Å². The first kappa shape index (κ1) is 17.2. The van der Waals surface area contributed by atoms with Gasteiger partial charge in [-0.3, -0.25) is 4.79 Å². The second-order valence-electron chi connectivity index (χ2n) is 7.21. The lowest BCUT2D eigenvalue weighted by Crippen LogP contribution is -2.45. The predicted molar refractivity (Wildman–Crippen MR) is 96.2 cm³/mol. The lowest BCUT2D eigenvalue weighted by molar-refractivity contribution is 0.0661. The molecule has 2 aliphatic rings. The quantitative estimate of drug-likeness (QED) is 0.896. The van der Waals surface area contributed by atoms with Crippen LogP contribution in [0.25, 0.3) is 0 Å². The molecule has 1 aromatic heterocycles. The number of likely N-dealkylation sites (tertiary alicyclic amines) is 1. The molecule has 0 spiro atoms. The minimum Gasteiger partial charge on any atom is -0.354 e. The number of likely N-dealkylation sites (N-methyl/N-ethyl adjacent to an activating group) is 1. The molecule has 3 heterocycles. The summed E-state index contributed by atoms with van der Waals surface area (Å²) in [5, 5.41) is 0. The van der Waals surface area contributed by atoms with Crippen LogP contribution in [0.2, 0.25) is 0 Å². The van der Waals surface area contributed by atoms with Crippen molar-refractivity contribution in [3.05, 3.63) is 23.9 Å². The van der Waals surface area contributed by atoms with Crippen LogP contribution in [0.1, 0.15) is 30.1 Å². The van der Waals surface area contributed by atoms with E-state index in [2.05, 4.69) is 21.8 Å². The Morgan fingerprint density at radius 3 is 2.75 bits per heavy atom. The van der Waals surface area contributed by atoms with Gasteiger partial charge in [0.2, 0.25) is 0 Å². The Labute approximate surface area is 144 Å². The molecule has 3 rings (SSSR count). The van der Waals surface area contributed by atoms with Gasteiger partial charge < -0.3 is 20.4 Å². The number of nitrogens with zero attached hydrogens (tertiary/aromatic N) is 4. The van der Waals surface area contributed by atoms with Gasteiger partial charge in [-0.15, -0.1) is 0 Å². The average molecular weight is 331 g/mol. The molecule has 0 saturated carbocycles. The summed E-state index contributed by atoms with van der Waals surface area (Å²) >= 11 is 0. The third-order valence-electron chi connectivity index (χ3n) is 5.31. The normalized spacial score (nSPS) is 24.0. The molecule has 2 saturated heterocycles. The van der Waals surface area contributed by atoms with Gasteiger partial charge in [0.25, 0.3) is 5.91 Å². The van der Waals surface area contributed by atoms with E-state index in [4.69, 9.17) is 5.73 Å². The molecule has 6 nitrogen and oxygen atoms in total. The molecule has 132 valence electrons. The van der Waals surface area contributed by atoms with E-state index in [1.807, 2.05) is 24.0 Å². The van der Waals surface area contributed by atoms with Gasteiger partial charge in [0.05, 0.1) is 0 Å². The van der Waals surface area contributed by atoms with Gasteiger partial charge in [-0.25, -0.2) is 4.98 Å². The van der Waals surface area contributed by atoms with E-state index in [1.54, 1.807) is 6.20 Å². The molecule has 0 aromatic carbocycles. The SMILES string of the molecule is CC(N)C1CCCN(C(=O)c2ccnc(N3CCN(C)CC3)c2)C1. The molecule has 0 aliphatic carbocycles. The number of hydrogen-bond acceptors (Lipinski definition) is 5. The minimum absolute atomic E-state index is 0.109. The largest absolute Gasteiger partial charge is 0.354 e. The van der Waals surface area contributed by atoms with E-state index in [9.17, 15) is 4.79 Å². The standard InChI is InChI=1S/C18H29N5O/c1-14(19)16-4-3-7-23(13-16)18(24)15-5-6-20-17(12-15)22-10-8-21(2)9-11-22/h5-6,12,14,16H,3-4,7-11,13,19H2,1-2H3. The van der Waals surface area contributed by atoms with E-state index in [1.165, 1.54) is 0 Å². The summed E-state index contributed by atoms with van der Waals surface area (Å²) in [5.41, 5.74) is 6.78. The maximum absolute atomic E-state index is 12.9. The highest BCUT2D eigenvalue weighted by molar-refractivity contribution is 5.95. The highest BCUT2D eigenvalue weighted by Crippen LogP contribution is 2.22. The molecule has 0 radical (unpaired) electrons. The number of pyridine rings is 1. The first-order valence-electron chi connectivity index (χ1n) is 8.99. The summed E-state index contributed by atoms with van der Waals surface area (Å²) in [4.78, 5) is 23.9. The Morgan fingerprint density at radius 2 is 2.04 bits per heavy atom. The van der Waals surface area contributed by atoms with Crippen molar-refractivity contribution < 1.29 is 4.79 Å². The number of anilines is 1. The van der Waals surface area contributed by atoms with Crippen molar-refractivity contribution in [2.45, 2.75) is 25.8 Å². The lowest BCUT2D eigenvalue weighted by Gasteiger charge is -2.35. The molecule has 2 fully saturated rings. The van der Waals surface area contributed by atoms with Gasteiger partial charge in [0.15, 0.2) is 0 Å². The van der Waals surface area contributed by atoms with E-state index in [-0.39, 0.29) is 11.9 Å². The van der Waals surface area contributed by atoms with Crippen molar-refractivity contribution in [1.29, 1.82) is 0 Å². The van der Waals surface area contributed by atoms with Crippen molar-refractivity contribution >= 4 is 11.7 Å². The van der Waals surface area contributed by atoms with Crippen LogP contribution in [0, 0.1) is 5.92 Å². The fraction of sp³-hybridized carbons (Fsp3) is 0.667. The molecule has 1 amide bonds. The van der Waals surface area contributed by atoms with Gasteiger partial charge in [-0.05, 0) is 44.9 Å². The van der Waals surface area contributed by atoms with Gasteiger partial charge in [0.1, 0.15) is 5.82 Å². The number of rotatable bonds is 3. The van der Waals surface area contributed by atoms with Gasteiger partial charge in [-0.2, -0.15) is 0 Å². The zero-order valence-corrected chi connectivity index (χ0v) is 14.8. The molecule has 24 heavy (non-hydrogen) atoms. The van der Waals surface area contributed by atoms with Crippen LogP contribution >= 0.6 is 0 Å². The average Bonchev–Trinajstić information content (AvgIpc) is 2.62. The number of carbonyl (C=O) groups is 1. The van der Waals surface area contributed by atoms with Crippen molar-refractivity contribution in [2.24, 2.45) is 11.7 Å². The zero-order chi connectivity index (χ0) is 17.1. The predicted octanol–water partition coefficient (Wildman–Crippen LogP) is 1.03. The smallest absolute Gasteiger partial charge is 0.254 e. The maximum Gasteiger partial charge on any atom is 0.254 e. The van der Waals surface area contributed by atoms with E-state index < -0.39 is 0 Å². The summed E-state index contributed by atoms with van der Waals surface area (Å²) in [7, 11) is 2.13. The summed E-state index contributed by atoms with van der Waals surface area (Å²) in [6.07, 6.45) is 3.91. The van der Waals surface area contributed by atoms with Crippen LogP contribution in [0.15, 0.2) is 18.3 Å². The first-order chi connectivity index (χ1) is 11.5. The van der Waals surface area contributed by atoms with Crippen LogP contribution in [0.5, 0.6) is 0 Å². The molecule has 6 heteroatoms. The number of hydrogen-bond donors (Lipinski definition) is 1. The summed E-state index contributed by atoms with van der Waals surface area (Å²) in [6.45, 7) is 7.60. The summed E-state index contributed by atoms with van der Waals surface area (Å²) in [5.74, 6) is 1.43. The number of aromatic nitrogens is 1. The highest BCUT2D eigenvalue weighted by Gasteiger charge is 2.27. The highest BCUT2D eigenvalue weighted by atomic mass is 16.2. The molecule has 2 N–H and O–H groups in total. The molecular formula is C18H29N5O. The van der Waals surface area contributed by atoms with Crippen molar-refractivity contribution in [2.75, 3.05) is 51.2 Å². The molecule has 0 bridgehead atoms. The molecule has 1 aromatic rings. The summed E-state index contributed by atoms with van der Waals surface area (Å²) < 4.78 is 0. The van der Waals surface area contributed by atoms with E-state index in [0.29, 0.717) is 5.92 Å². The molecular weight excluding hydrogens is 302 g/mol. The third kappa shape index (κ3) is 3.87. The second-order valence-corrected chi connectivity index (χ2v) is 7.21. The number of nitrogens with two attached hydrogens (primary N) is 1. The third-order valence-corrected chi connectivity index (χ3v) is 5.31. The molecule has 2 aliphatic heterocycles. The molecule has 2 atom stereocenters. The van der Waals surface area contributed by atoms with Crippen LogP contribution < -0.4 is 10.6 Å². The maximum atomic E-state index is 12.9. The van der Waals surface area contributed by atoms with E-state index in [0.717, 1.165) is 63.5 Å². The Kier molecular flexibility index (Phi) is 5.36. The topological polar surface area (TPSA) is 65.7 Å². The Morgan fingerprint density at radius 1 is 1.29 bits per heavy atom. The van der Waals surface area contributed by atoms with Crippen LogP contribution in [-0.2, 0) is 0 Å². The Hall–Kier alpha value is -1.66. The Balaban J connectivity index is 1.70. The lowest BCUT2D eigenvalue weighted by atomic mass is 9.92. The Bertz CT molecular complexity index is 568. The monoisotopic (exact) mass is 331 g/mol. The minimum atomic E-state index is 0.109. The first-order valence-corrected chi connectivity index (χ1v) is 8.99. The number of piperidine rings is 1. The van der Waals surface area contributed by atoms with Gasteiger partial charge >= 0.3 is 0 Å². The second kappa shape index (κ2) is 7.49. The zero-order valence-electron chi connectivity index (χ0n) is 14.8.